The quantitative estimate of drug-likeness (QED) is 0.492. The molecular formula is C20H28FNO3S. The van der Waals surface area contributed by atoms with Crippen molar-refractivity contribution in [2.45, 2.75) is 57.9 Å². The van der Waals surface area contributed by atoms with Crippen molar-refractivity contribution in [1.29, 1.82) is 0 Å². The van der Waals surface area contributed by atoms with E-state index in [0.29, 0.717) is 17.9 Å². The van der Waals surface area contributed by atoms with Crippen molar-refractivity contribution in [3.05, 3.63) is 35.6 Å². The second-order valence-electron chi connectivity index (χ2n) is 7.04. The number of carbonyl (C=O) groups excluding carboxylic acids is 2. The maximum Gasteiger partial charge on any atom is 0.329 e. The van der Waals surface area contributed by atoms with Crippen LogP contribution in [0.5, 0.6) is 0 Å². The van der Waals surface area contributed by atoms with Crippen molar-refractivity contribution in [3.63, 3.8) is 0 Å². The minimum atomic E-state index is -0.581. The molecule has 1 aliphatic rings. The number of esters is 1. The first-order valence-electron chi connectivity index (χ1n) is 9.30. The predicted octanol–water partition coefficient (Wildman–Crippen LogP) is 4.49. The number of rotatable bonds is 8. The van der Waals surface area contributed by atoms with Crippen LogP contribution in [0, 0.1) is 11.7 Å². The Labute approximate surface area is 159 Å². The monoisotopic (exact) mass is 381 g/mol. The van der Waals surface area contributed by atoms with Crippen LogP contribution >= 0.6 is 11.8 Å². The number of halogens is 1. The molecule has 1 aromatic carbocycles. The molecule has 1 aromatic rings. The zero-order chi connectivity index (χ0) is 19.1. The second kappa shape index (κ2) is 9.95. The van der Waals surface area contributed by atoms with Gasteiger partial charge >= 0.3 is 5.97 Å². The van der Waals surface area contributed by atoms with Crippen molar-refractivity contribution < 1.29 is 18.7 Å². The summed E-state index contributed by atoms with van der Waals surface area (Å²) in [6, 6.07) is 4.91. The second-order valence-corrected chi connectivity index (χ2v) is 8.25. The van der Waals surface area contributed by atoms with E-state index in [4.69, 9.17) is 4.74 Å². The smallest absolute Gasteiger partial charge is 0.329 e. The molecule has 2 rings (SSSR count). The van der Waals surface area contributed by atoms with E-state index in [1.807, 2.05) is 13.8 Å². The van der Waals surface area contributed by atoms with Crippen LogP contribution in [-0.4, -0.2) is 40.6 Å². The van der Waals surface area contributed by atoms with Crippen LogP contribution in [0.15, 0.2) is 24.3 Å². The van der Waals surface area contributed by atoms with E-state index in [9.17, 15) is 14.0 Å². The lowest BCUT2D eigenvalue weighted by Gasteiger charge is -2.28. The number of ether oxygens (including phenoxy) is 1. The number of thioether (sulfide) groups is 1. The summed E-state index contributed by atoms with van der Waals surface area (Å²) < 4.78 is 18.6. The summed E-state index contributed by atoms with van der Waals surface area (Å²) in [6.45, 7) is 6.44. The van der Waals surface area contributed by atoms with Gasteiger partial charge in [-0.25, -0.2) is 9.18 Å². The number of carbonyl (C=O) groups is 2. The summed E-state index contributed by atoms with van der Waals surface area (Å²) >= 11 is 1.63. The fourth-order valence-corrected chi connectivity index (χ4v) is 4.33. The molecule has 0 aliphatic carbocycles. The van der Waals surface area contributed by atoms with E-state index in [2.05, 4.69) is 6.92 Å². The number of nitrogens with zero attached hydrogens (tertiary/aromatic N) is 1. The van der Waals surface area contributed by atoms with Gasteiger partial charge in [0.25, 0.3) is 5.91 Å². The Hall–Kier alpha value is -1.56. The fraction of sp³-hybridized carbons (Fsp3) is 0.600. The Morgan fingerprint density at radius 1 is 1.27 bits per heavy atom. The van der Waals surface area contributed by atoms with Gasteiger partial charge in [0.05, 0.1) is 12.0 Å². The average Bonchev–Trinajstić information content (AvgIpc) is 3.04. The van der Waals surface area contributed by atoms with Gasteiger partial charge in [-0.15, -0.1) is 11.8 Å². The molecule has 26 heavy (non-hydrogen) atoms. The fourth-order valence-electron chi connectivity index (χ4n) is 2.90. The molecule has 1 aliphatic heterocycles. The largest absolute Gasteiger partial charge is 0.464 e. The highest BCUT2D eigenvalue weighted by Gasteiger charge is 2.42. The SMILES string of the molecule is CCCCCC1SCC(C(=O)OCC(C)C)N1C(=O)c1ccc(F)cc1. The zero-order valence-corrected chi connectivity index (χ0v) is 16.6. The molecule has 2 atom stereocenters. The van der Waals surface area contributed by atoms with Crippen LogP contribution in [-0.2, 0) is 9.53 Å². The van der Waals surface area contributed by atoms with Crippen LogP contribution in [0.25, 0.3) is 0 Å². The standard InChI is InChI=1S/C20H28FNO3S/c1-4-5-6-7-18-22(19(23)15-8-10-16(21)11-9-15)17(13-26-18)20(24)25-12-14(2)3/h8-11,14,17-18H,4-7,12-13H2,1-3H3. The molecule has 1 heterocycles. The Morgan fingerprint density at radius 2 is 1.96 bits per heavy atom. The molecule has 1 saturated heterocycles. The molecule has 0 bridgehead atoms. The summed E-state index contributed by atoms with van der Waals surface area (Å²) in [5.41, 5.74) is 0.399. The minimum Gasteiger partial charge on any atom is -0.464 e. The molecule has 0 spiro atoms. The highest BCUT2D eigenvalue weighted by Crippen LogP contribution is 2.34. The molecule has 1 fully saturated rings. The average molecular weight is 382 g/mol. The van der Waals surface area contributed by atoms with Crippen molar-refractivity contribution >= 4 is 23.6 Å². The van der Waals surface area contributed by atoms with Gasteiger partial charge in [0.1, 0.15) is 11.9 Å². The molecule has 1 amide bonds. The lowest BCUT2D eigenvalue weighted by Crippen LogP contribution is -2.46. The molecule has 0 N–H and O–H groups in total. The Balaban J connectivity index is 2.17. The lowest BCUT2D eigenvalue weighted by molar-refractivity contribution is -0.149. The summed E-state index contributed by atoms with van der Waals surface area (Å²) in [7, 11) is 0. The van der Waals surface area contributed by atoms with E-state index in [1.165, 1.54) is 24.3 Å². The highest BCUT2D eigenvalue weighted by atomic mass is 32.2. The number of hydrogen-bond donors (Lipinski definition) is 0. The van der Waals surface area contributed by atoms with Gasteiger partial charge in [-0.1, -0.05) is 40.0 Å². The molecular weight excluding hydrogens is 353 g/mol. The van der Waals surface area contributed by atoms with Crippen LogP contribution in [0.2, 0.25) is 0 Å². The molecule has 2 unspecified atom stereocenters. The summed E-state index contributed by atoms with van der Waals surface area (Å²) in [4.78, 5) is 27.2. The predicted molar refractivity (Wildman–Crippen MR) is 103 cm³/mol. The zero-order valence-electron chi connectivity index (χ0n) is 15.7. The number of amides is 1. The van der Waals surface area contributed by atoms with Gasteiger partial charge in [0.15, 0.2) is 0 Å². The molecule has 0 radical (unpaired) electrons. The first-order chi connectivity index (χ1) is 12.4. The number of benzene rings is 1. The van der Waals surface area contributed by atoms with Gasteiger partial charge in [0.2, 0.25) is 0 Å². The van der Waals surface area contributed by atoms with Crippen LogP contribution < -0.4 is 0 Å². The van der Waals surface area contributed by atoms with Crippen LogP contribution in [0.3, 0.4) is 0 Å². The van der Waals surface area contributed by atoms with Gasteiger partial charge in [-0.3, -0.25) is 4.79 Å². The third-order valence-corrected chi connectivity index (χ3v) is 5.66. The first kappa shape index (κ1) is 20.7. The van der Waals surface area contributed by atoms with Gasteiger partial charge in [-0.05, 0) is 36.6 Å². The van der Waals surface area contributed by atoms with E-state index in [-0.39, 0.29) is 29.0 Å². The van der Waals surface area contributed by atoms with Gasteiger partial charge < -0.3 is 9.64 Å². The Kier molecular flexibility index (Phi) is 7.94. The van der Waals surface area contributed by atoms with E-state index < -0.39 is 6.04 Å². The van der Waals surface area contributed by atoms with Crippen molar-refractivity contribution in [2.24, 2.45) is 5.92 Å². The van der Waals surface area contributed by atoms with Crippen molar-refractivity contribution in [3.8, 4) is 0 Å². The third-order valence-electron chi connectivity index (χ3n) is 4.30. The van der Waals surface area contributed by atoms with Crippen molar-refractivity contribution in [2.75, 3.05) is 12.4 Å². The van der Waals surface area contributed by atoms with Crippen LogP contribution in [0.1, 0.15) is 56.8 Å². The van der Waals surface area contributed by atoms with E-state index in [0.717, 1.165) is 25.7 Å². The maximum absolute atomic E-state index is 13.2. The highest BCUT2D eigenvalue weighted by molar-refractivity contribution is 8.00. The normalized spacial score (nSPS) is 19.8. The number of hydrogen-bond acceptors (Lipinski definition) is 4. The summed E-state index contributed by atoms with van der Waals surface area (Å²) in [5.74, 6) is -0.178. The Bertz CT molecular complexity index is 606. The van der Waals surface area contributed by atoms with Crippen molar-refractivity contribution in [1.82, 2.24) is 4.90 Å². The molecule has 144 valence electrons. The molecule has 0 aromatic heterocycles. The van der Waals surface area contributed by atoms with Crippen LogP contribution in [0.4, 0.5) is 4.39 Å². The molecule has 4 nitrogen and oxygen atoms in total. The van der Waals surface area contributed by atoms with Gasteiger partial charge in [-0.2, -0.15) is 0 Å². The van der Waals surface area contributed by atoms with Gasteiger partial charge in [0, 0.05) is 11.3 Å². The Morgan fingerprint density at radius 3 is 2.58 bits per heavy atom. The number of unbranched alkanes of at least 4 members (excludes halogenated alkanes) is 2. The lowest BCUT2D eigenvalue weighted by atomic mass is 10.1. The summed E-state index contributed by atoms with van der Waals surface area (Å²) in [5, 5.41) is -0.0456. The molecule has 6 heteroatoms. The first-order valence-corrected chi connectivity index (χ1v) is 10.3. The summed E-state index contributed by atoms with van der Waals surface area (Å²) in [6.07, 6.45) is 4.05. The maximum atomic E-state index is 13.2. The topological polar surface area (TPSA) is 46.6 Å². The molecule has 0 saturated carbocycles. The third kappa shape index (κ3) is 5.47. The van der Waals surface area contributed by atoms with E-state index in [1.54, 1.807) is 16.7 Å². The minimum absolute atomic E-state index is 0.0456. The van der Waals surface area contributed by atoms with E-state index >= 15 is 0 Å².